The third-order valence-corrected chi connectivity index (χ3v) is 5.59. The van der Waals surface area contributed by atoms with Gasteiger partial charge in [-0.15, -0.1) is 0 Å². The molecule has 0 radical (unpaired) electrons. The first-order chi connectivity index (χ1) is 12.7. The number of aromatic nitrogens is 4. The van der Waals surface area contributed by atoms with Gasteiger partial charge in [-0.2, -0.15) is 16.0 Å². The predicted molar refractivity (Wildman–Crippen MR) is 101 cm³/mol. The largest absolute Gasteiger partial charge is 0.297 e. The summed E-state index contributed by atoms with van der Waals surface area (Å²) in [6.45, 7) is 5.55. The minimum absolute atomic E-state index is 0.319. The minimum atomic E-state index is -0.319. The van der Waals surface area contributed by atoms with E-state index in [0.717, 1.165) is 32.7 Å². The minimum Gasteiger partial charge on any atom is -0.297 e. The zero-order valence-electron chi connectivity index (χ0n) is 14.2. The molecule has 0 atom stereocenters. The smallest absolute Gasteiger partial charge is 0.221 e. The number of hydrogen-bond donors (Lipinski definition) is 0. The third-order valence-electron chi connectivity index (χ3n) is 4.48. The van der Waals surface area contributed by atoms with Gasteiger partial charge in [-0.25, -0.2) is 9.07 Å². The van der Waals surface area contributed by atoms with Crippen LogP contribution in [0.2, 0.25) is 0 Å². The summed E-state index contributed by atoms with van der Waals surface area (Å²) in [7, 11) is 0. The zero-order chi connectivity index (χ0) is 17.9. The van der Waals surface area contributed by atoms with E-state index in [2.05, 4.69) is 37.1 Å². The molecule has 1 aliphatic rings. The van der Waals surface area contributed by atoms with E-state index in [4.69, 9.17) is 12.2 Å². The van der Waals surface area contributed by atoms with Crippen LogP contribution in [0.1, 0.15) is 5.56 Å². The number of tetrazole rings is 1. The Bertz CT molecular complexity index is 911. The fourth-order valence-electron chi connectivity index (χ4n) is 3.05. The molecule has 3 heterocycles. The van der Waals surface area contributed by atoms with Crippen LogP contribution in [0.15, 0.2) is 41.1 Å². The van der Waals surface area contributed by atoms with Gasteiger partial charge in [0.1, 0.15) is 5.82 Å². The number of hydrogen-bond acceptors (Lipinski definition) is 6. The van der Waals surface area contributed by atoms with Gasteiger partial charge in [-0.3, -0.25) is 9.80 Å². The van der Waals surface area contributed by atoms with Gasteiger partial charge in [0.05, 0.1) is 12.4 Å². The molecule has 1 saturated heterocycles. The van der Waals surface area contributed by atoms with Crippen molar-refractivity contribution < 1.29 is 4.39 Å². The van der Waals surface area contributed by atoms with Gasteiger partial charge in [0, 0.05) is 32.7 Å². The van der Waals surface area contributed by atoms with Crippen molar-refractivity contribution in [1.29, 1.82) is 0 Å². The highest BCUT2D eigenvalue weighted by Gasteiger charge is 2.18. The van der Waals surface area contributed by atoms with Crippen molar-refractivity contribution in [1.82, 2.24) is 29.6 Å². The number of halogens is 1. The molecule has 3 aromatic rings. The van der Waals surface area contributed by atoms with E-state index >= 15 is 0 Å². The van der Waals surface area contributed by atoms with E-state index < -0.39 is 0 Å². The summed E-state index contributed by atoms with van der Waals surface area (Å²) in [5, 5.41) is 12.6. The Kier molecular flexibility index (Phi) is 5.21. The lowest BCUT2D eigenvalue weighted by molar-refractivity contribution is 0.0976. The van der Waals surface area contributed by atoms with Crippen LogP contribution in [-0.4, -0.2) is 55.8 Å². The third kappa shape index (κ3) is 3.90. The van der Waals surface area contributed by atoms with E-state index in [9.17, 15) is 4.39 Å². The Labute approximate surface area is 160 Å². The van der Waals surface area contributed by atoms with Crippen LogP contribution in [0.3, 0.4) is 0 Å². The van der Waals surface area contributed by atoms with Gasteiger partial charge in [0.25, 0.3) is 0 Å². The monoisotopic (exact) mass is 390 g/mol. The van der Waals surface area contributed by atoms with Crippen molar-refractivity contribution >= 4 is 23.6 Å². The average Bonchev–Trinajstić information content (AvgIpc) is 3.27. The highest BCUT2D eigenvalue weighted by Crippen LogP contribution is 2.13. The fourth-order valence-corrected chi connectivity index (χ4v) is 3.95. The average molecular weight is 391 g/mol. The summed E-state index contributed by atoms with van der Waals surface area (Å²) in [5.74, 6) is -0.319. The van der Waals surface area contributed by atoms with Crippen LogP contribution in [0.4, 0.5) is 4.39 Å². The number of rotatable bonds is 5. The van der Waals surface area contributed by atoms with Crippen LogP contribution < -0.4 is 0 Å². The molecule has 1 fully saturated rings. The molecule has 0 unspecified atom stereocenters. The lowest BCUT2D eigenvalue weighted by atomic mass is 10.2. The predicted octanol–water partition coefficient (Wildman–Crippen LogP) is 2.77. The van der Waals surface area contributed by atoms with E-state index in [0.29, 0.717) is 17.1 Å². The lowest BCUT2D eigenvalue weighted by Crippen LogP contribution is -2.46. The molecule has 1 aliphatic heterocycles. The highest BCUT2D eigenvalue weighted by atomic mass is 32.1. The molecule has 6 nitrogen and oxygen atoms in total. The molecule has 0 aliphatic carbocycles. The Morgan fingerprint density at radius 2 is 1.88 bits per heavy atom. The molecule has 0 N–H and O–H groups in total. The Morgan fingerprint density at radius 3 is 2.62 bits per heavy atom. The van der Waals surface area contributed by atoms with Gasteiger partial charge in [-0.05, 0) is 63.2 Å². The van der Waals surface area contributed by atoms with Crippen LogP contribution >= 0.6 is 23.6 Å². The van der Waals surface area contributed by atoms with E-state index in [1.165, 1.54) is 22.4 Å². The van der Waals surface area contributed by atoms with Gasteiger partial charge in [0.2, 0.25) is 4.77 Å². The second kappa shape index (κ2) is 7.75. The first kappa shape index (κ1) is 17.5. The van der Waals surface area contributed by atoms with Crippen molar-refractivity contribution in [3.8, 4) is 5.69 Å². The van der Waals surface area contributed by atoms with Crippen LogP contribution in [-0.2, 0) is 13.2 Å². The molecule has 0 spiro atoms. The molecule has 26 heavy (non-hydrogen) atoms. The van der Waals surface area contributed by atoms with Gasteiger partial charge in [0.15, 0.2) is 0 Å². The quantitative estimate of drug-likeness (QED) is 0.627. The highest BCUT2D eigenvalue weighted by molar-refractivity contribution is 7.71. The second-order valence-electron chi connectivity index (χ2n) is 6.32. The zero-order valence-corrected chi connectivity index (χ0v) is 15.8. The second-order valence-corrected chi connectivity index (χ2v) is 7.47. The lowest BCUT2D eigenvalue weighted by Gasteiger charge is -2.34. The van der Waals surface area contributed by atoms with Crippen LogP contribution in [0.5, 0.6) is 0 Å². The normalized spacial score (nSPS) is 16.2. The van der Waals surface area contributed by atoms with Crippen molar-refractivity contribution in [2.45, 2.75) is 13.2 Å². The molecular weight excluding hydrogens is 371 g/mol. The number of nitrogens with zero attached hydrogens (tertiary/aromatic N) is 6. The number of piperazine rings is 1. The molecule has 0 bridgehead atoms. The SMILES string of the molecule is Fc1cccc(-n2nnn(CN3CCN(Cc4ccsc4)CC3)c2=S)c1. The summed E-state index contributed by atoms with van der Waals surface area (Å²) in [6, 6.07) is 8.38. The molecule has 0 saturated carbocycles. The van der Waals surface area contributed by atoms with E-state index in [1.54, 1.807) is 28.2 Å². The Balaban J connectivity index is 1.37. The first-order valence-corrected chi connectivity index (χ1v) is 9.79. The van der Waals surface area contributed by atoms with Crippen molar-refractivity contribution in [2.24, 2.45) is 0 Å². The summed E-state index contributed by atoms with van der Waals surface area (Å²) >= 11 is 7.20. The topological polar surface area (TPSA) is 42.1 Å². The molecule has 0 amide bonds. The van der Waals surface area contributed by atoms with Crippen LogP contribution in [0, 0.1) is 10.6 Å². The molecule has 1 aromatic carbocycles. The first-order valence-electron chi connectivity index (χ1n) is 8.43. The maximum Gasteiger partial charge on any atom is 0.221 e. The van der Waals surface area contributed by atoms with Crippen molar-refractivity contribution in [2.75, 3.05) is 26.2 Å². The van der Waals surface area contributed by atoms with Gasteiger partial charge in [-0.1, -0.05) is 6.07 Å². The Hall–Kier alpha value is -1.94. The Morgan fingerprint density at radius 1 is 1.08 bits per heavy atom. The maximum atomic E-state index is 13.4. The van der Waals surface area contributed by atoms with E-state index in [1.807, 2.05) is 0 Å². The van der Waals surface area contributed by atoms with Crippen molar-refractivity contribution in [3.05, 3.63) is 57.2 Å². The fraction of sp³-hybridized carbons (Fsp3) is 0.353. The number of thiophene rings is 1. The van der Waals surface area contributed by atoms with Crippen LogP contribution in [0.25, 0.3) is 5.69 Å². The van der Waals surface area contributed by atoms with Crippen molar-refractivity contribution in [3.63, 3.8) is 0 Å². The summed E-state index contributed by atoms with van der Waals surface area (Å²) in [5.41, 5.74) is 1.96. The maximum absolute atomic E-state index is 13.4. The van der Waals surface area contributed by atoms with Gasteiger partial charge < -0.3 is 0 Å². The molecule has 4 rings (SSSR count). The van der Waals surface area contributed by atoms with Gasteiger partial charge >= 0.3 is 0 Å². The molecule has 2 aromatic heterocycles. The summed E-state index contributed by atoms with van der Waals surface area (Å²) < 4.78 is 17.1. The molecule has 9 heteroatoms. The van der Waals surface area contributed by atoms with E-state index in [-0.39, 0.29) is 5.82 Å². The number of benzene rings is 1. The molecule has 136 valence electrons. The standard InChI is InChI=1S/C17H19FN6S2/c18-15-2-1-3-16(10-15)24-17(25)23(19-20-24)13-22-7-5-21(6-8-22)11-14-4-9-26-12-14/h1-4,9-10,12H,5-8,11,13H2. The molecular formula is C17H19FN6S2. The summed E-state index contributed by atoms with van der Waals surface area (Å²) in [6.07, 6.45) is 0. The summed E-state index contributed by atoms with van der Waals surface area (Å²) in [4.78, 5) is 4.77.